The average molecular weight is 183 g/mol. The first-order chi connectivity index (χ1) is 6.33. The Morgan fingerprint density at radius 3 is 2.77 bits per heavy atom. The lowest BCUT2D eigenvalue weighted by atomic mass is 10.1. The summed E-state index contributed by atoms with van der Waals surface area (Å²) in [4.78, 5) is 11.0. The molecule has 0 spiro atoms. The van der Waals surface area contributed by atoms with E-state index in [0.717, 1.165) is 32.5 Å². The normalized spacial score (nSPS) is 18.8. The highest BCUT2D eigenvalue weighted by Gasteiger charge is 2.12. The molecule has 3 heteroatoms. The summed E-state index contributed by atoms with van der Waals surface area (Å²) in [7, 11) is 0. The zero-order valence-corrected chi connectivity index (χ0v) is 8.38. The van der Waals surface area contributed by atoms with E-state index in [0.29, 0.717) is 24.7 Å². The second-order valence-electron chi connectivity index (χ2n) is 3.54. The van der Waals surface area contributed by atoms with Crippen LogP contribution in [-0.2, 0) is 4.79 Å². The predicted molar refractivity (Wildman–Crippen MR) is 52.8 cm³/mol. The number of piperidine rings is 1. The van der Waals surface area contributed by atoms with Gasteiger partial charge in [0.05, 0.1) is 0 Å². The van der Waals surface area contributed by atoms with E-state index in [1.807, 2.05) is 6.92 Å². The summed E-state index contributed by atoms with van der Waals surface area (Å²) < 4.78 is 0. The van der Waals surface area contributed by atoms with Gasteiger partial charge in [-0.2, -0.15) is 0 Å². The number of hydrogen-bond acceptors (Lipinski definition) is 2. The van der Waals surface area contributed by atoms with E-state index < -0.39 is 0 Å². The fourth-order valence-electron chi connectivity index (χ4n) is 1.55. The van der Waals surface area contributed by atoms with Gasteiger partial charge in [-0.1, -0.05) is 6.92 Å². The molecule has 1 saturated heterocycles. The van der Waals surface area contributed by atoms with E-state index in [2.05, 4.69) is 10.6 Å². The quantitative estimate of drug-likeness (QED) is 0.682. The molecule has 0 bridgehead atoms. The van der Waals surface area contributed by atoms with Crippen LogP contribution in [0.15, 0.2) is 0 Å². The summed E-state index contributed by atoms with van der Waals surface area (Å²) in [6.07, 6.45) is 3.63. The molecule has 0 atom stereocenters. The lowest BCUT2D eigenvalue weighted by Crippen LogP contribution is -2.38. The molecule has 0 amide bonds. The van der Waals surface area contributed by atoms with Crippen molar-refractivity contribution in [2.24, 2.45) is 0 Å². The third kappa shape index (κ3) is 4.39. The van der Waals surface area contributed by atoms with Crippen molar-refractivity contribution < 1.29 is 4.79 Å². The van der Waals surface area contributed by atoms with Crippen LogP contribution in [0.3, 0.4) is 0 Å². The molecule has 1 N–H and O–H groups in total. The molecule has 1 aliphatic rings. The Bertz CT molecular complexity index is 153. The Morgan fingerprint density at radius 1 is 1.46 bits per heavy atom. The molecule has 1 heterocycles. The average Bonchev–Trinajstić information content (AvgIpc) is 2.19. The number of rotatable bonds is 5. The van der Waals surface area contributed by atoms with E-state index >= 15 is 0 Å². The largest absolute Gasteiger partial charge is 0.313 e. The highest BCUT2D eigenvalue weighted by molar-refractivity contribution is 5.78. The van der Waals surface area contributed by atoms with E-state index in [-0.39, 0.29) is 0 Å². The number of nitrogens with zero attached hydrogens (tertiary/aromatic N) is 1. The molecule has 0 aromatic rings. The van der Waals surface area contributed by atoms with E-state index in [1.165, 1.54) is 0 Å². The van der Waals surface area contributed by atoms with Crippen molar-refractivity contribution >= 4 is 5.78 Å². The second-order valence-corrected chi connectivity index (χ2v) is 3.54. The molecule has 0 unspecified atom stereocenters. The summed E-state index contributed by atoms with van der Waals surface area (Å²) in [6, 6.07) is 0.599. The zero-order chi connectivity index (χ0) is 9.52. The molecular weight excluding hydrogens is 164 g/mol. The molecule has 1 rings (SSSR count). The Hall–Kier alpha value is -0.410. The van der Waals surface area contributed by atoms with Gasteiger partial charge >= 0.3 is 0 Å². The van der Waals surface area contributed by atoms with Gasteiger partial charge < -0.3 is 5.32 Å². The van der Waals surface area contributed by atoms with Crippen LogP contribution in [0.5, 0.6) is 0 Å². The molecule has 0 aliphatic carbocycles. The van der Waals surface area contributed by atoms with E-state index in [4.69, 9.17) is 0 Å². The van der Waals surface area contributed by atoms with Crippen LogP contribution >= 0.6 is 0 Å². The van der Waals surface area contributed by atoms with E-state index in [9.17, 15) is 4.79 Å². The van der Waals surface area contributed by atoms with Gasteiger partial charge in [-0.3, -0.25) is 4.79 Å². The van der Waals surface area contributed by atoms with Gasteiger partial charge in [0.15, 0.2) is 0 Å². The molecule has 13 heavy (non-hydrogen) atoms. The molecule has 0 saturated carbocycles. The maximum absolute atomic E-state index is 11.0. The zero-order valence-electron chi connectivity index (χ0n) is 8.38. The predicted octanol–water partition coefficient (Wildman–Crippen LogP) is 0.712. The molecule has 75 valence electrons. The third-order valence-electron chi connectivity index (χ3n) is 2.50. The number of carbonyl (C=O) groups excluding carboxylic acids is 1. The summed E-state index contributed by atoms with van der Waals surface area (Å²) in [5, 5.41) is 7.69. The van der Waals surface area contributed by atoms with Crippen LogP contribution in [0.1, 0.15) is 32.6 Å². The summed E-state index contributed by atoms with van der Waals surface area (Å²) in [6.45, 7) is 4.73. The molecule has 1 radical (unpaired) electrons. The van der Waals surface area contributed by atoms with Gasteiger partial charge in [0, 0.05) is 38.5 Å². The Labute approximate surface area is 80.3 Å². The summed E-state index contributed by atoms with van der Waals surface area (Å²) >= 11 is 0. The minimum atomic E-state index is 0.355. The van der Waals surface area contributed by atoms with Gasteiger partial charge in [-0.05, 0) is 12.8 Å². The number of hydrogen-bond donors (Lipinski definition) is 1. The lowest BCUT2D eigenvalue weighted by Gasteiger charge is -2.22. The van der Waals surface area contributed by atoms with Gasteiger partial charge in [-0.25, -0.2) is 5.32 Å². The smallest absolute Gasteiger partial charge is 0.133 e. The Balaban J connectivity index is 2.01. The van der Waals surface area contributed by atoms with Crippen LogP contribution in [0.2, 0.25) is 0 Å². The molecule has 0 aromatic carbocycles. The van der Waals surface area contributed by atoms with Crippen molar-refractivity contribution in [1.29, 1.82) is 0 Å². The molecule has 1 fully saturated rings. The Kier molecular flexibility index (Phi) is 5.01. The summed E-state index contributed by atoms with van der Waals surface area (Å²) in [5.41, 5.74) is 0. The van der Waals surface area contributed by atoms with Crippen LogP contribution in [0.25, 0.3) is 0 Å². The lowest BCUT2D eigenvalue weighted by molar-refractivity contribution is -0.118. The first kappa shape index (κ1) is 10.7. The third-order valence-corrected chi connectivity index (χ3v) is 2.50. The molecule has 3 nitrogen and oxygen atoms in total. The van der Waals surface area contributed by atoms with Crippen molar-refractivity contribution in [3.63, 3.8) is 0 Å². The first-order valence-corrected chi connectivity index (χ1v) is 5.21. The minimum Gasteiger partial charge on any atom is -0.313 e. The van der Waals surface area contributed by atoms with Crippen LogP contribution in [0, 0.1) is 0 Å². The standard InChI is InChI=1S/C10H19N2O/c1-2-10(13)5-8-12-9-3-6-11-7-4-9/h9,12H,2-8H2,1H3. The second kappa shape index (κ2) is 6.11. The van der Waals surface area contributed by atoms with Crippen molar-refractivity contribution in [3.8, 4) is 0 Å². The van der Waals surface area contributed by atoms with Crippen molar-refractivity contribution in [3.05, 3.63) is 0 Å². The van der Waals surface area contributed by atoms with Crippen molar-refractivity contribution in [2.75, 3.05) is 19.6 Å². The minimum absolute atomic E-state index is 0.355. The Morgan fingerprint density at radius 2 is 2.15 bits per heavy atom. The number of carbonyl (C=O) groups is 1. The SMILES string of the molecule is CCC(=O)CCNC1CC[N]CC1. The maximum atomic E-state index is 11.0. The monoisotopic (exact) mass is 183 g/mol. The van der Waals surface area contributed by atoms with Crippen LogP contribution in [0.4, 0.5) is 0 Å². The highest BCUT2D eigenvalue weighted by Crippen LogP contribution is 2.02. The fraction of sp³-hybridized carbons (Fsp3) is 0.900. The van der Waals surface area contributed by atoms with E-state index in [1.54, 1.807) is 0 Å². The fourth-order valence-corrected chi connectivity index (χ4v) is 1.55. The topological polar surface area (TPSA) is 43.2 Å². The van der Waals surface area contributed by atoms with Gasteiger partial charge in [0.25, 0.3) is 0 Å². The van der Waals surface area contributed by atoms with Crippen LogP contribution in [-0.4, -0.2) is 31.5 Å². The van der Waals surface area contributed by atoms with Crippen molar-refractivity contribution in [2.45, 2.75) is 38.6 Å². The first-order valence-electron chi connectivity index (χ1n) is 5.21. The number of Topliss-reactive ketones (excluding diaryl/α,β-unsaturated/α-hetero) is 1. The molecule has 0 aromatic heterocycles. The number of nitrogens with one attached hydrogen (secondary N) is 1. The van der Waals surface area contributed by atoms with Gasteiger partial charge in [0.2, 0.25) is 0 Å². The highest BCUT2D eigenvalue weighted by atomic mass is 16.1. The van der Waals surface area contributed by atoms with Gasteiger partial charge in [-0.15, -0.1) is 0 Å². The summed E-state index contributed by atoms with van der Waals surface area (Å²) in [5.74, 6) is 0.355. The molecular formula is C10H19N2O. The molecule has 1 aliphatic heterocycles. The maximum Gasteiger partial charge on any atom is 0.133 e. The van der Waals surface area contributed by atoms with Crippen LogP contribution < -0.4 is 10.6 Å². The van der Waals surface area contributed by atoms with Crippen molar-refractivity contribution in [1.82, 2.24) is 10.6 Å². The number of ketones is 1. The van der Waals surface area contributed by atoms with Gasteiger partial charge in [0.1, 0.15) is 5.78 Å².